The van der Waals surface area contributed by atoms with E-state index in [1.54, 1.807) is 0 Å². The summed E-state index contributed by atoms with van der Waals surface area (Å²) in [5, 5.41) is 6.29. The number of hydrogen-bond acceptors (Lipinski definition) is 4. The molecule has 2 aliphatic rings. The minimum Gasteiger partial charge on any atom is -0.340 e. The lowest BCUT2D eigenvalue weighted by Crippen LogP contribution is -2.47. The van der Waals surface area contributed by atoms with Crippen molar-refractivity contribution >= 4 is 17.5 Å². The van der Waals surface area contributed by atoms with E-state index >= 15 is 0 Å². The van der Waals surface area contributed by atoms with E-state index < -0.39 is 0 Å². The van der Waals surface area contributed by atoms with Crippen LogP contribution in [0.1, 0.15) is 30.4 Å². The van der Waals surface area contributed by atoms with Gasteiger partial charge in [0.05, 0.1) is 6.54 Å². The fraction of sp³-hybridized carbons (Fsp3) is 0.600. The van der Waals surface area contributed by atoms with Crippen LogP contribution in [-0.2, 0) is 9.59 Å². The first-order chi connectivity index (χ1) is 12.5. The fourth-order valence-electron chi connectivity index (χ4n) is 3.39. The van der Waals surface area contributed by atoms with Crippen LogP contribution in [0.3, 0.4) is 0 Å². The van der Waals surface area contributed by atoms with Gasteiger partial charge in [0.1, 0.15) is 0 Å². The van der Waals surface area contributed by atoms with Gasteiger partial charge in [-0.2, -0.15) is 0 Å². The van der Waals surface area contributed by atoms with Crippen molar-refractivity contribution in [3.63, 3.8) is 0 Å². The van der Waals surface area contributed by atoms with Crippen LogP contribution in [0, 0.1) is 13.8 Å². The molecule has 6 heteroatoms. The molecule has 1 aliphatic carbocycles. The number of carbonyl (C=O) groups is 2. The van der Waals surface area contributed by atoms with Gasteiger partial charge in [-0.1, -0.05) is 12.1 Å². The second-order valence-electron chi connectivity index (χ2n) is 7.45. The number of rotatable bonds is 7. The maximum absolute atomic E-state index is 12.5. The molecule has 1 aromatic carbocycles. The standard InChI is InChI=1S/C20H30N4O2/c1-15-3-4-16(2)18(13-15)22-19(25)14-24(17-5-6-17)10-7-20(26)23-11-8-21-9-12-23/h3-4,13,17,21H,5-12,14H2,1-2H3,(H,22,25). The molecule has 142 valence electrons. The van der Waals surface area contributed by atoms with Crippen molar-refractivity contribution < 1.29 is 9.59 Å². The normalized spacial score (nSPS) is 17.4. The Morgan fingerprint density at radius 2 is 1.96 bits per heavy atom. The number of carbonyl (C=O) groups excluding carboxylic acids is 2. The first kappa shape index (κ1) is 18.9. The third-order valence-electron chi connectivity index (χ3n) is 5.16. The van der Waals surface area contributed by atoms with Gasteiger partial charge in [-0.3, -0.25) is 14.5 Å². The summed E-state index contributed by atoms with van der Waals surface area (Å²) >= 11 is 0. The second-order valence-corrected chi connectivity index (χ2v) is 7.45. The van der Waals surface area contributed by atoms with Crippen molar-refractivity contribution in [2.75, 3.05) is 44.6 Å². The van der Waals surface area contributed by atoms with E-state index in [2.05, 4.69) is 15.5 Å². The zero-order chi connectivity index (χ0) is 18.5. The minimum atomic E-state index is 0.000205. The maximum Gasteiger partial charge on any atom is 0.238 e. The number of nitrogens with one attached hydrogen (secondary N) is 2. The number of hydrogen-bond donors (Lipinski definition) is 2. The zero-order valence-electron chi connectivity index (χ0n) is 15.9. The molecular formula is C20H30N4O2. The Morgan fingerprint density at radius 3 is 2.65 bits per heavy atom. The second kappa shape index (κ2) is 8.64. The van der Waals surface area contributed by atoms with E-state index in [1.165, 1.54) is 0 Å². The summed E-state index contributed by atoms with van der Waals surface area (Å²) in [6.07, 6.45) is 2.74. The van der Waals surface area contributed by atoms with Gasteiger partial charge in [0, 0.05) is 50.9 Å². The van der Waals surface area contributed by atoms with Crippen LogP contribution in [0.5, 0.6) is 0 Å². The largest absolute Gasteiger partial charge is 0.340 e. The Balaban J connectivity index is 1.50. The third kappa shape index (κ3) is 5.29. The molecule has 1 saturated heterocycles. The monoisotopic (exact) mass is 358 g/mol. The predicted molar refractivity (Wildman–Crippen MR) is 103 cm³/mol. The summed E-state index contributed by atoms with van der Waals surface area (Å²) in [4.78, 5) is 29.0. The van der Waals surface area contributed by atoms with Gasteiger partial charge in [-0.05, 0) is 43.9 Å². The summed E-state index contributed by atoms with van der Waals surface area (Å²) in [6.45, 7) is 8.35. The fourth-order valence-corrected chi connectivity index (χ4v) is 3.39. The molecule has 0 unspecified atom stereocenters. The van der Waals surface area contributed by atoms with E-state index in [-0.39, 0.29) is 11.8 Å². The highest BCUT2D eigenvalue weighted by Crippen LogP contribution is 2.27. The van der Waals surface area contributed by atoms with Crippen LogP contribution in [0.25, 0.3) is 0 Å². The highest BCUT2D eigenvalue weighted by atomic mass is 16.2. The van der Waals surface area contributed by atoms with Crippen molar-refractivity contribution in [2.24, 2.45) is 0 Å². The maximum atomic E-state index is 12.5. The van der Waals surface area contributed by atoms with E-state index in [0.29, 0.717) is 25.6 Å². The van der Waals surface area contributed by atoms with Crippen molar-refractivity contribution in [3.8, 4) is 0 Å². The Bertz CT molecular complexity index is 651. The SMILES string of the molecule is Cc1ccc(C)c(NC(=O)CN(CCC(=O)N2CCNCC2)C2CC2)c1. The van der Waals surface area contributed by atoms with Gasteiger partial charge in [0.15, 0.2) is 0 Å². The van der Waals surface area contributed by atoms with E-state index in [0.717, 1.165) is 55.8 Å². The van der Waals surface area contributed by atoms with Crippen molar-refractivity contribution in [2.45, 2.75) is 39.2 Å². The quantitative estimate of drug-likeness (QED) is 0.776. The van der Waals surface area contributed by atoms with Gasteiger partial charge in [-0.15, -0.1) is 0 Å². The lowest BCUT2D eigenvalue weighted by molar-refractivity contribution is -0.132. The molecule has 0 spiro atoms. The van der Waals surface area contributed by atoms with Crippen LogP contribution in [0.4, 0.5) is 5.69 Å². The summed E-state index contributed by atoms with van der Waals surface area (Å²) in [5.41, 5.74) is 3.07. The topological polar surface area (TPSA) is 64.7 Å². The minimum absolute atomic E-state index is 0.000205. The van der Waals surface area contributed by atoms with Gasteiger partial charge < -0.3 is 15.5 Å². The van der Waals surface area contributed by atoms with Gasteiger partial charge in [-0.25, -0.2) is 0 Å². The Morgan fingerprint density at radius 1 is 1.23 bits per heavy atom. The molecule has 1 saturated carbocycles. The number of amides is 2. The molecule has 6 nitrogen and oxygen atoms in total. The van der Waals surface area contributed by atoms with Crippen LogP contribution < -0.4 is 10.6 Å². The first-order valence-corrected chi connectivity index (χ1v) is 9.62. The van der Waals surface area contributed by atoms with Gasteiger partial charge in [0.2, 0.25) is 11.8 Å². The zero-order valence-corrected chi connectivity index (χ0v) is 15.9. The lowest BCUT2D eigenvalue weighted by atomic mass is 10.1. The van der Waals surface area contributed by atoms with Gasteiger partial charge in [0.25, 0.3) is 0 Å². The Hall–Kier alpha value is -1.92. The van der Waals surface area contributed by atoms with Crippen molar-refractivity contribution in [1.29, 1.82) is 0 Å². The molecule has 2 amide bonds. The predicted octanol–water partition coefficient (Wildman–Crippen LogP) is 1.53. The molecule has 26 heavy (non-hydrogen) atoms. The molecule has 1 aromatic rings. The molecule has 2 fully saturated rings. The van der Waals surface area contributed by atoms with E-state index in [1.807, 2.05) is 36.9 Å². The molecule has 1 heterocycles. The molecular weight excluding hydrogens is 328 g/mol. The third-order valence-corrected chi connectivity index (χ3v) is 5.16. The summed E-state index contributed by atoms with van der Waals surface area (Å²) in [7, 11) is 0. The summed E-state index contributed by atoms with van der Waals surface area (Å²) < 4.78 is 0. The summed E-state index contributed by atoms with van der Waals surface area (Å²) in [5.74, 6) is 0.201. The van der Waals surface area contributed by atoms with Crippen LogP contribution in [-0.4, -0.2) is 66.9 Å². The van der Waals surface area contributed by atoms with Crippen LogP contribution in [0.15, 0.2) is 18.2 Å². The number of nitrogens with zero attached hydrogens (tertiary/aromatic N) is 2. The average molecular weight is 358 g/mol. The Labute approximate surface area is 155 Å². The molecule has 2 N–H and O–H groups in total. The molecule has 0 atom stereocenters. The van der Waals surface area contributed by atoms with E-state index in [9.17, 15) is 9.59 Å². The number of piperazine rings is 1. The highest BCUT2D eigenvalue weighted by Gasteiger charge is 2.31. The molecule has 3 rings (SSSR count). The highest BCUT2D eigenvalue weighted by molar-refractivity contribution is 5.93. The number of aryl methyl sites for hydroxylation is 2. The Kier molecular flexibility index (Phi) is 6.27. The van der Waals surface area contributed by atoms with Gasteiger partial charge >= 0.3 is 0 Å². The first-order valence-electron chi connectivity index (χ1n) is 9.62. The number of benzene rings is 1. The molecule has 0 aromatic heterocycles. The summed E-state index contributed by atoms with van der Waals surface area (Å²) in [6, 6.07) is 6.52. The van der Waals surface area contributed by atoms with Crippen molar-refractivity contribution in [3.05, 3.63) is 29.3 Å². The number of anilines is 1. The molecule has 1 aliphatic heterocycles. The van der Waals surface area contributed by atoms with Crippen LogP contribution in [0.2, 0.25) is 0 Å². The molecule has 0 bridgehead atoms. The van der Waals surface area contributed by atoms with E-state index in [4.69, 9.17) is 0 Å². The van der Waals surface area contributed by atoms with Crippen LogP contribution >= 0.6 is 0 Å². The average Bonchev–Trinajstić information content (AvgIpc) is 3.47. The smallest absolute Gasteiger partial charge is 0.238 e. The lowest BCUT2D eigenvalue weighted by Gasteiger charge is -2.29. The molecule has 0 radical (unpaired) electrons. The van der Waals surface area contributed by atoms with Crippen molar-refractivity contribution in [1.82, 2.24) is 15.1 Å².